The van der Waals surface area contributed by atoms with Crippen LogP contribution in [-0.2, 0) is 14.8 Å². The zero-order valence-corrected chi connectivity index (χ0v) is 20.0. The van der Waals surface area contributed by atoms with Gasteiger partial charge in [-0.25, -0.2) is 22.5 Å². The highest BCUT2D eigenvalue weighted by atomic mass is 32.2. The number of fused-ring (bicyclic) bond motifs is 2. The SMILES string of the molecule is Nc1c(-c2nc3ccc(S(=O)(=O)NCCC(O)CC(O)CC(=O)O)cc3[nH]2)c(=O)[nH]c2cccc(F)c12. The fourth-order valence-electron chi connectivity index (χ4n) is 4.00. The Balaban J connectivity index is 1.54. The molecule has 0 saturated heterocycles. The van der Waals surface area contributed by atoms with E-state index in [1.54, 1.807) is 0 Å². The van der Waals surface area contributed by atoms with Gasteiger partial charge in [-0.15, -0.1) is 0 Å². The molecule has 0 aliphatic carbocycles. The number of benzene rings is 2. The molecular weight excluding hydrogens is 509 g/mol. The van der Waals surface area contributed by atoms with Crippen LogP contribution in [0.1, 0.15) is 19.3 Å². The molecule has 4 rings (SSSR count). The third kappa shape index (κ3) is 5.61. The molecule has 2 aromatic carbocycles. The first-order chi connectivity index (χ1) is 17.5. The van der Waals surface area contributed by atoms with E-state index in [2.05, 4.69) is 19.7 Å². The molecule has 2 heterocycles. The zero-order chi connectivity index (χ0) is 26.9. The number of nitrogens with one attached hydrogen (secondary N) is 3. The Kier molecular flexibility index (Phi) is 7.27. The van der Waals surface area contributed by atoms with Crippen molar-refractivity contribution in [1.82, 2.24) is 19.7 Å². The average Bonchev–Trinajstić information content (AvgIpc) is 3.20. The van der Waals surface area contributed by atoms with E-state index in [1.165, 1.54) is 36.4 Å². The van der Waals surface area contributed by atoms with Crippen LogP contribution in [0.3, 0.4) is 0 Å². The number of carboxylic acids is 1. The first-order valence-electron chi connectivity index (χ1n) is 11.1. The van der Waals surface area contributed by atoms with E-state index in [0.29, 0.717) is 5.52 Å². The molecule has 8 N–H and O–H groups in total. The van der Waals surface area contributed by atoms with Crippen LogP contribution in [0.15, 0.2) is 46.1 Å². The maximum atomic E-state index is 14.4. The van der Waals surface area contributed by atoms with Crippen LogP contribution < -0.4 is 16.0 Å². The summed E-state index contributed by atoms with van der Waals surface area (Å²) in [5.41, 5.74) is 6.16. The van der Waals surface area contributed by atoms with E-state index in [-0.39, 0.29) is 57.8 Å². The number of aliphatic carboxylic acids is 1. The highest BCUT2D eigenvalue weighted by molar-refractivity contribution is 7.89. The summed E-state index contributed by atoms with van der Waals surface area (Å²) in [4.78, 5) is 32.9. The summed E-state index contributed by atoms with van der Waals surface area (Å²) < 4.78 is 42.1. The van der Waals surface area contributed by atoms with Crippen molar-refractivity contribution in [3.05, 3.63) is 52.6 Å². The van der Waals surface area contributed by atoms with Gasteiger partial charge in [0.15, 0.2) is 0 Å². The molecule has 2 aromatic heterocycles. The smallest absolute Gasteiger partial charge is 0.305 e. The molecule has 0 aliphatic heterocycles. The highest BCUT2D eigenvalue weighted by Gasteiger charge is 2.21. The lowest BCUT2D eigenvalue weighted by Crippen LogP contribution is -2.29. The Hall–Kier alpha value is -3.85. The lowest BCUT2D eigenvalue weighted by molar-refractivity contribution is -0.139. The largest absolute Gasteiger partial charge is 0.481 e. The topological polar surface area (TPSA) is 211 Å². The Morgan fingerprint density at radius 1 is 1.14 bits per heavy atom. The summed E-state index contributed by atoms with van der Waals surface area (Å²) in [7, 11) is -4.01. The number of carbonyl (C=O) groups is 1. The monoisotopic (exact) mass is 533 g/mol. The molecule has 37 heavy (non-hydrogen) atoms. The normalized spacial score (nSPS) is 13.7. The number of rotatable bonds is 10. The van der Waals surface area contributed by atoms with E-state index in [4.69, 9.17) is 10.8 Å². The number of hydrogen-bond acceptors (Lipinski definition) is 8. The van der Waals surface area contributed by atoms with E-state index in [1.807, 2.05) is 0 Å². The minimum atomic E-state index is -4.01. The van der Waals surface area contributed by atoms with Crippen molar-refractivity contribution in [1.29, 1.82) is 0 Å². The third-order valence-corrected chi connectivity index (χ3v) is 7.21. The summed E-state index contributed by atoms with van der Waals surface area (Å²) in [6, 6.07) is 8.18. The number of aliphatic hydroxyl groups excluding tert-OH is 2. The number of nitrogens with zero attached hydrogens (tertiary/aromatic N) is 1. The molecule has 2 atom stereocenters. The maximum Gasteiger partial charge on any atom is 0.305 e. The molecule has 4 aromatic rings. The van der Waals surface area contributed by atoms with Gasteiger partial charge in [-0.2, -0.15) is 0 Å². The molecule has 0 amide bonds. The fraction of sp³-hybridized carbons (Fsp3) is 0.261. The lowest BCUT2D eigenvalue weighted by Gasteiger charge is -2.14. The van der Waals surface area contributed by atoms with Crippen LogP contribution in [0, 0.1) is 5.82 Å². The second kappa shape index (κ2) is 10.3. The number of pyridine rings is 1. The third-order valence-electron chi connectivity index (χ3n) is 5.75. The number of halogens is 1. The van der Waals surface area contributed by atoms with E-state index >= 15 is 0 Å². The summed E-state index contributed by atoms with van der Waals surface area (Å²) in [5, 5.41) is 28.2. The van der Waals surface area contributed by atoms with Crippen LogP contribution in [0.5, 0.6) is 0 Å². The number of aromatic nitrogens is 3. The van der Waals surface area contributed by atoms with Crippen molar-refractivity contribution in [3.8, 4) is 11.4 Å². The van der Waals surface area contributed by atoms with Crippen LogP contribution >= 0.6 is 0 Å². The molecule has 0 aliphatic rings. The summed E-state index contributed by atoms with van der Waals surface area (Å²) in [5.74, 6) is -1.80. The Morgan fingerprint density at radius 3 is 2.62 bits per heavy atom. The Labute approximate surface area is 209 Å². The van der Waals surface area contributed by atoms with Crippen LogP contribution in [0.2, 0.25) is 0 Å². The van der Waals surface area contributed by atoms with Crippen LogP contribution in [0.4, 0.5) is 10.1 Å². The lowest BCUT2D eigenvalue weighted by atomic mass is 10.1. The van der Waals surface area contributed by atoms with E-state index < -0.39 is 46.0 Å². The molecule has 12 nitrogen and oxygen atoms in total. The molecule has 2 unspecified atom stereocenters. The number of nitrogen functional groups attached to an aromatic ring is 1. The Bertz CT molecular complexity index is 1650. The van der Waals surface area contributed by atoms with Gasteiger partial charge in [0.1, 0.15) is 17.2 Å². The van der Waals surface area contributed by atoms with Crippen molar-refractivity contribution in [3.63, 3.8) is 0 Å². The molecule has 14 heteroatoms. The van der Waals surface area contributed by atoms with Gasteiger partial charge in [0.05, 0.1) is 51.1 Å². The molecular formula is C23H24FN5O7S. The Morgan fingerprint density at radius 2 is 1.89 bits per heavy atom. The predicted molar refractivity (Wildman–Crippen MR) is 133 cm³/mol. The van der Waals surface area contributed by atoms with Gasteiger partial charge in [0.2, 0.25) is 10.0 Å². The number of H-pyrrole nitrogens is 2. The van der Waals surface area contributed by atoms with Crippen molar-refractivity contribution >= 4 is 43.6 Å². The second-order valence-electron chi connectivity index (χ2n) is 8.50. The number of hydrogen-bond donors (Lipinski definition) is 7. The molecule has 196 valence electrons. The number of imidazole rings is 1. The molecule has 0 fully saturated rings. The van der Waals surface area contributed by atoms with Gasteiger partial charge >= 0.3 is 5.97 Å². The summed E-state index contributed by atoms with van der Waals surface area (Å²) >= 11 is 0. The van der Waals surface area contributed by atoms with Gasteiger partial charge in [0.25, 0.3) is 5.56 Å². The minimum Gasteiger partial charge on any atom is -0.481 e. The van der Waals surface area contributed by atoms with Gasteiger partial charge in [-0.3, -0.25) is 9.59 Å². The maximum absolute atomic E-state index is 14.4. The summed E-state index contributed by atoms with van der Waals surface area (Å²) in [6.45, 7) is -0.163. The molecule has 0 radical (unpaired) electrons. The number of nitrogens with two attached hydrogens (primary N) is 1. The van der Waals surface area contributed by atoms with Crippen molar-refractivity contribution in [2.24, 2.45) is 0 Å². The number of carboxylic acid groups (broad SMARTS) is 1. The standard InChI is InChI=1S/C23H24FN5O7S/c24-14-2-1-3-16-19(14)21(25)20(23(34)29-16)22-27-15-5-4-13(10-17(15)28-22)37(35,36)26-7-6-11(30)8-12(31)9-18(32)33/h1-5,10-12,26,30-31H,6-9H2,(H,27,28)(H,32,33)(H3,25,29,34). The van der Waals surface area contributed by atoms with Crippen LogP contribution in [-0.4, -0.2) is 63.4 Å². The molecule has 0 bridgehead atoms. The van der Waals surface area contributed by atoms with Crippen molar-refractivity contribution in [2.45, 2.75) is 36.4 Å². The predicted octanol–water partition coefficient (Wildman–Crippen LogP) is 1.05. The minimum absolute atomic E-state index is 0.0303. The average molecular weight is 534 g/mol. The van der Waals surface area contributed by atoms with Gasteiger partial charge in [0, 0.05) is 6.54 Å². The van der Waals surface area contributed by atoms with Gasteiger partial charge < -0.3 is 31.0 Å². The number of aliphatic hydroxyl groups is 2. The van der Waals surface area contributed by atoms with Gasteiger partial charge in [-0.05, 0) is 43.2 Å². The van der Waals surface area contributed by atoms with E-state index in [0.717, 1.165) is 0 Å². The number of sulfonamides is 1. The molecule has 0 saturated carbocycles. The number of anilines is 1. The van der Waals surface area contributed by atoms with E-state index in [9.17, 15) is 32.6 Å². The second-order valence-corrected chi connectivity index (χ2v) is 10.3. The van der Waals surface area contributed by atoms with Crippen LogP contribution in [0.25, 0.3) is 33.3 Å². The number of aromatic amines is 2. The first kappa shape index (κ1) is 26.2. The summed E-state index contributed by atoms with van der Waals surface area (Å²) in [6.07, 6.45) is -3.14. The van der Waals surface area contributed by atoms with Gasteiger partial charge in [-0.1, -0.05) is 6.07 Å². The molecule has 0 spiro atoms. The zero-order valence-electron chi connectivity index (χ0n) is 19.2. The first-order valence-corrected chi connectivity index (χ1v) is 12.6. The quantitative estimate of drug-likeness (QED) is 0.155. The highest BCUT2D eigenvalue weighted by Crippen LogP contribution is 2.30. The fourth-order valence-corrected chi connectivity index (χ4v) is 5.08. The van der Waals surface area contributed by atoms with Crippen molar-refractivity contribution in [2.75, 3.05) is 12.3 Å². The van der Waals surface area contributed by atoms with Crippen molar-refractivity contribution < 1.29 is 32.9 Å².